The first-order chi connectivity index (χ1) is 22.3. The molecule has 1 amide bonds. The number of likely N-dealkylation sites (tertiary alicyclic amines) is 1. The Morgan fingerprint density at radius 3 is 2.39 bits per heavy atom. The SMILES string of the molecule is C#CCOCCOCCOCCOCCC(=O)N1CCC(Nc2nc(Cl)nc3c2cnn3[C@@H]2O[C@H](CO)[C@H]3OC(C)(C)O[C@H]32)CC1. The number of aliphatic hydroxyl groups excluding tert-OH is 1. The first-order valence-electron chi connectivity index (χ1n) is 15.6. The smallest absolute Gasteiger partial charge is 0.226 e. The van der Waals surface area contributed by atoms with Gasteiger partial charge in [0.05, 0.1) is 70.9 Å². The number of nitrogens with one attached hydrogen (secondary N) is 1. The Balaban J connectivity index is 1.03. The van der Waals surface area contributed by atoms with Crippen molar-refractivity contribution >= 4 is 34.4 Å². The van der Waals surface area contributed by atoms with Crippen molar-refractivity contribution in [2.45, 2.75) is 69.5 Å². The van der Waals surface area contributed by atoms with Crippen LogP contribution in [0.1, 0.15) is 39.3 Å². The molecule has 3 saturated heterocycles. The summed E-state index contributed by atoms with van der Waals surface area (Å²) in [6.45, 7) is 7.97. The third kappa shape index (κ3) is 8.82. The van der Waals surface area contributed by atoms with Gasteiger partial charge in [-0.25, -0.2) is 4.68 Å². The summed E-state index contributed by atoms with van der Waals surface area (Å²) in [6, 6.07) is 0.0765. The molecule has 5 heterocycles. The summed E-state index contributed by atoms with van der Waals surface area (Å²) in [6.07, 6.45) is 6.40. The predicted octanol–water partition coefficient (Wildman–Crippen LogP) is 1.38. The number of aliphatic hydroxyl groups is 1. The number of ether oxygens (including phenoxy) is 7. The highest BCUT2D eigenvalue weighted by Crippen LogP contribution is 2.43. The normalized spacial score (nSPS) is 24.4. The van der Waals surface area contributed by atoms with Gasteiger partial charge in [0.2, 0.25) is 11.2 Å². The number of nitrogens with zero attached hydrogens (tertiary/aromatic N) is 5. The summed E-state index contributed by atoms with van der Waals surface area (Å²) in [5.41, 5.74) is 0.478. The fraction of sp³-hybridized carbons (Fsp3) is 0.733. The average molecular weight is 667 g/mol. The van der Waals surface area contributed by atoms with Crippen LogP contribution in [-0.2, 0) is 38.0 Å². The van der Waals surface area contributed by atoms with Gasteiger partial charge in [-0.2, -0.15) is 15.1 Å². The molecular formula is C30H43ClN6O9. The lowest BCUT2D eigenvalue weighted by Crippen LogP contribution is -2.42. The number of terminal acetylenes is 1. The van der Waals surface area contributed by atoms with Crippen molar-refractivity contribution in [3.8, 4) is 12.3 Å². The number of halogens is 1. The van der Waals surface area contributed by atoms with Crippen molar-refractivity contribution in [2.75, 3.05) is 77.9 Å². The van der Waals surface area contributed by atoms with Gasteiger partial charge in [-0.05, 0) is 38.3 Å². The summed E-state index contributed by atoms with van der Waals surface area (Å²) in [4.78, 5) is 23.5. The number of amides is 1. The van der Waals surface area contributed by atoms with Crippen molar-refractivity contribution in [3.05, 3.63) is 11.5 Å². The highest BCUT2D eigenvalue weighted by molar-refractivity contribution is 6.28. The van der Waals surface area contributed by atoms with E-state index < -0.39 is 30.3 Å². The summed E-state index contributed by atoms with van der Waals surface area (Å²) < 4.78 is 41.3. The fourth-order valence-corrected chi connectivity index (χ4v) is 5.94. The molecule has 46 heavy (non-hydrogen) atoms. The number of hydrogen-bond donors (Lipinski definition) is 2. The van der Waals surface area contributed by atoms with Gasteiger partial charge in [-0.3, -0.25) is 4.79 Å². The van der Waals surface area contributed by atoms with E-state index in [0.717, 1.165) is 12.8 Å². The van der Waals surface area contributed by atoms with E-state index >= 15 is 0 Å². The molecule has 0 radical (unpaired) electrons. The molecule has 3 aliphatic rings. The van der Waals surface area contributed by atoms with Crippen molar-refractivity contribution < 1.29 is 43.1 Å². The number of rotatable bonds is 17. The Bertz CT molecular complexity index is 1330. The minimum atomic E-state index is -0.818. The van der Waals surface area contributed by atoms with Crippen molar-refractivity contribution in [3.63, 3.8) is 0 Å². The molecule has 16 heteroatoms. The Kier molecular flexibility index (Phi) is 12.4. The van der Waals surface area contributed by atoms with Gasteiger partial charge in [0.1, 0.15) is 30.7 Å². The van der Waals surface area contributed by atoms with Crippen LogP contribution in [0.4, 0.5) is 5.82 Å². The van der Waals surface area contributed by atoms with Crippen molar-refractivity contribution in [1.29, 1.82) is 0 Å². The molecule has 0 bridgehead atoms. The summed E-state index contributed by atoms with van der Waals surface area (Å²) in [5, 5.41) is 18.6. The molecule has 0 aromatic carbocycles. The van der Waals surface area contributed by atoms with E-state index in [4.69, 9.17) is 51.2 Å². The lowest BCUT2D eigenvalue weighted by molar-refractivity contribution is -0.201. The fourth-order valence-electron chi connectivity index (χ4n) is 5.77. The van der Waals surface area contributed by atoms with E-state index in [1.54, 1.807) is 10.9 Å². The molecule has 15 nitrogen and oxygen atoms in total. The van der Waals surface area contributed by atoms with Crippen LogP contribution >= 0.6 is 11.6 Å². The monoisotopic (exact) mass is 666 g/mol. The highest BCUT2D eigenvalue weighted by atomic mass is 35.5. The number of fused-ring (bicyclic) bond motifs is 2. The van der Waals surface area contributed by atoms with Gasteiger partial charge >= 0.3 is 0 Å². The van der Waals surface area contributed by atoms with E-state index in [1.165, 1.54) is 0 Å². The molecule has 5 rings (SSSR count). The van der Waals surface area contributed by atoms with Gasteiger partial charge in [0.15, 0.2) is 17.7 Å². The number of anilines is 1. The molecule has 0 spiro atoms. The zero-order valence-corrected chi connectivity index (χ0v) is 27.0. The van der Waals surface area contributed by atoms with Crippen LogP contribution in [0, 0.1) is 12.3 Å². The standard InChI is InChI=1S/C30H43ClN6O9/c1-4-10-40-12-14-42-16-17-43-15-13-41-11-7-23(39)36-8-5-20(6-9-36)33-26-21-18-32-37(27(21)35-29(31)34-26)28-25-24(22(19-38)44-28)45-30(2,3)46-25/h1,18,20,22,24-25,28,38H,5-17,19H2,2-3H3,(H,33,34,35)/t22-,24-,25-,28-/m1/s1. The van der Waals surface area contributed by atoms with Crippen LogP contribution in [0.15, 0.2) is 6.20 Å². The van der Waals surface area contributed by atoms with Gasteiger partial charge in [-0.1, -0.05) is 5.92 Å². The van der Waals surface area contributed by atoms with Crippen molar-refractivity contribution in [1.82, 2.24) is 24.6 Å². The lowest BCUT2D eigenvalue weighted by Gasteiger charge is -2.32. The van der Waals surface area contributed by atoms with Crippen LogP contribution in [0.25, 0.3) is 11.0 Å². The maximum Gasteiger partial charge on any atom is 0.226 e. The minimum absolute atomic E-state index is 0.0578. The lowest BCUT2D eigenvalue weighted by atomic mass is 10.0. The molecule has 0 aliphatic carbocycles. The first kappa shape index (κ1) is 34.7. The number of piperidine rings is 1. The highest BCUT2D eigenvalue weighted by Gasteiger charge is 2.56. The van der Waals surface area contributed by atoms with E-state index in [-0.39, 0.29) is 30.4 Å². The van der Waals surface area contributed by atoms with Crippen molar-refractivity contribution in [2.24, 2.45) is 0 Å². The number of hydrogen-bond acceptors (Lipinski definition) is 13. The van der Waals surface area contributed by atoms with Gasteiger partial charge < -0.3 is 48.5 Å². The third-order valence-corrected chi connectivity index (χ3v) is 8.09. The van der Waals surface area contributed by atoms with E-state index in [2.05, 4.69) is 26.3 Å². The molecule has 3 fully saturated rings. The number of carbonyl (C=O) groups is 1. The summed E-state index contributed by atoms with van der Waals surface area (Å²) in [5.74, 6) is 2.19. The van der Waals surface area contributed by atoms with E-state index in [9.17, 15) is 9.90 Å². The zero-order chi connectivity index (χ0) is 32.5. The molecule has 4 atom stereocenters. The molecule has 0 unspecified atom stereocenters. The molecule has 2 aromatic rings. The van der Waals surface area contributed by atoms with Crippen LogP contribution in [0.3, 0.4) is 0 Å². The Morgan fingerprint density at radius 1 is 1.07 bits per heavy atom. The van der Waals surface area contributed by atoms with Gasteiger partial charge in [0.25, 0.3) is 0 Å². The minimum Gasteiger partial charge on any atom is -0.394 e. The van der Waals surface area contributed by atoms with Gasteiger partial charge in [0, 0.05) is 19.1 Å². The Labute approximate surface area is 273 Å². The topological polar surface area (TPSA) is 161 Å². The summed E-state index contributed by atoms with van der Waals surface area (Å²) in [7, 11) is 0. The zero-order valence-electron chi connectivity index (χ0n) is 26.3. The second-order valence-corrected chi connectivity index (χ2v) is 12.0. The Morgan fingerprint density at radius 2 is 1.72 bits per heavy atom. The van der Waals surface area contributed by atoms with Crippen LogP contribution in [0.5, 0.6) is 0 Å². The second kappa shape index (κ2) is 16.4. The molecule has 2 N–H and O–H groups in total. The van der Waals surface area contributed by atoms with Crippen LogP contribution in [0.2, 0.25) is 5.28 Å². The molecule has 0 saturated carbocycles. The molecule has 254 valence electrons. The maximum absolute atomic E-state index is 12.7. The third-order valence-electron chi connectivity index (χ3n) is 7.92. The quantitative estimate of drug-likeness (QED) is 0.142. The summed E-state index contributed by atoms with van der Waals surface area (Å²) >= 11 is 6.35. The largest absolute Gasteiger partial charge is 0.394 e. The molecule has 3 aliphatic heterocycles. The van der Waals surface area contributed by atoms with E-state index in [0.29, 0.717) is 82.6 Å². The van der Waals surface area contributed by atoms with Crippen LogP contribution < -0.4 is 5.32 Å². The number of aromatic nitrogens is 4. The predicted molar refractivity (Wildman–Crippen MR) is 165 cm³/mol. The number of carbonyl (C=O) groups excluding carboxylic acids is 1. The molecule has 2 aromatic heterocycles. The maximum atomic E-state index is 12.7. The second-order valence-electron chi connectivity index (χ2n) is 11.6. The first-order valence-corrected chi connectivity index (χ1v) is 16.0. The molecular weight excluding hydrogens is 624 g/mol. The average Bonchev–Trinajstić information content (AvgIpc) is 3.70. The van der Waals surface area contributed by atoms with E-state index in [1.807, 2.05) is 18.7 Å². The van der Waals surface area contributed by atoms with Gasteiger partial charge in [-0.15, -0.1) is 6.42 Å². The Hall–Kier alpha value is -2.65. The van der Waals surface area contributed by atoms with Crippen LogP contribution in [-0.4, -0.2) is 138 Å².